The number of aryl methyl sites for hydroxylation is 1. The Morgan fingerprint density at radius 2 is 2.37 bits per heavy atom. The summed E-state index contributed by atoms with van der Waals surface area (Å²) in [6, 6.07) is 3.43. The van der Waals surface area contributed by atoms with Crippen LogP contribution in [-0.4, -0.2) is 21.0 Å². The van der Waals surface area contributed by atoms with Gasteiger partial charge in [-0.15, -0.1) is 0 Å². The van der Waals surface area contributed by atoms with Crippen molar-refractivity contribution in [1.82, 2.24) is 20.4 Å². The van der Waals surface area contributed by atoms with E-state index in [0.29, 0.717) is 18.1 Å². The molecule has 0 unspecified atom stereocenters. The normalized spacial score (nSPS) is 12.1. The van der Waals surface area contributed by atoms with E-state index in [1.807, 2.05) is 13.0 Å². The van der Waals surface area contributed by atoms with Crippen molar-refractivity contribution in [2.24, 2.45) is 0 Å². The van der Waals surface area contributed by atoms with Crippen LogP contribution in [0.15, 0.2) is 29.0 Å². The van der Waals surface area contributed by atoms with Gasteiger partial charge in [0.05, 0.1) is 6.42 Å². The van der Waals surface area contributed by atoms with Crippen molar-refractivity contribution in [3.8, 4) is 0 Å². The van der Waals surface area contributed by atoms with E-state index >= 15 is 0 Å². The minimum Gasteiger partial charge on any atom is -0.344 e. The van der Waals surface area contributed by atoms with E-state index in [0.717, 1.165) is 5.56 Å². The topological polar surface area (TPSA) is 80.9 Å². The van der Waals surface area contributed by atoms with E-state index in [2.05, 4.69) is 20.4 Å². The number of carbonyl (C=O) groups is 1. The van der Waals surface area contributed by atoms with E-state index in [4.69, 9.17) is 4.52 Å². The summed E-state index contributed by atoms with van der Waals surface area (Å²) in [6.07, 6.45) is 4.34. The predicted molar refractivity (Wildman–Crippen MR) is 68.2 cm³/mol. The minimum absolute atomic E-state index is 0.0873. The average Bonchev–Trinajstić information content (AvgIpc) is 2.83. The van der Waals surface area contributed by atoms with Gasteiger partial charge in [0.2, 0.25) is 11.8 Å². The fourth-order valence-corrected chi connectivity index (χ4v) is 1.73. The van der Waals surface area contributed by atoms with Crippen LogP contribution in [0.2, 0.25) is 0 Å². The second-order valence-electron chi connectivity index (χ2n) is 4.25. The summed E-state index contributed by atoms with van der Waals surface area (Å²) < 4.78 is 5.08. The number of pyridine rings is 1. The van der Waals surface area contributed by atoms with E-state index in [-0.39, 0.29) is 18.4 Å². The van der Waals surface area contributed by atoms with Crippen LogP contribution in [0.4, 0.5) is 0 Å². The molecule has 1 N–H and O–H groups in total. The molecule has 1 amide bonds. The molecule has 0 bridgehead atoms. The van der Waals surface area contributed by atoms with Crippen molar-refractivity contribution in [2.75, 3.05) is 0 Å². The molecule has 0 aromatic carbocycles. The third kappa shape index (κ3) is 3.61. The van der Waals surface area contributed by atoms with Crippen LogP contribution in [0.3, 0.4) is 0 Å². The molecule has 0 fully saturated rings. The lowest BCUT2D eigenvalue weighted by Gasteiger charge is -2.12. The number of hydrogen-bond acceptors (Lipinski definition) is 5. The second kappa shape index (κ2) is 6.08. The number of carbonyl (C=O) groups excluding carboxylic acids is 1. The van der Waals surface area contributed by atoms with Gasteiger partial charge in [0.25, 0.3) is 0 Å². The number of hydrogen-bond donors (Lipinski definition) is 1. The molecule has 19 heavy (non-hydrogen) atoms. The van der Waals surface area contributed by atoms with Gasteiger partial charge in [-0.3, -0.25) is 9.78 Å². The van der Waals surface area contributed by atoms with Crippen molar-refractivity contribution >= 4 is 5.91 Å². The molecule has 0 saturated heterocycles. The van der Waals surface area contributed by atoms with Crippen LogP contribution in [0.1, 0.15) is 36.7 Å². The summed E-state index contributed by atoms with van der Waals surface area (Å²) in [4.78, 5) is 20.0. The highest BCUT2D eigenvalue weighted by molar-refractivity contribution is 5.78. The first-order valence-corrected chi connectivity index (χ1v) is 6.17. The second-order valence-corrected chi connectivity index (χ2v) is 4.25. The average molecular weight is 260 g/mol. The van der Waals surface area contributed by atoms with Crippen molar-refractivity contribution in [3.05, 3.63) is 41.8 Å². The van der Waals surface area contributed by atoms with Crippen LogP contribution in [0.25, 0.3) is 0 Å². The number of nitrogens with one attached hydrogen (secondary N) is 1. The maximum atomic E-state index is 11.9. The number of nitrogens with zero attached hydrogens (tertiary/aromatic N) is 3. The molecule has 2 heterocycles. The maximum Gasteiger partial charge on any atom is 0.249 e. The lowest BCUT2D eigenvalue weighted by Crippen LogP contribution is -2.29. The van der Waals surface area contributed by atoms with Gasteiger partial charge in [0.1, 0.15) is 6.04 Å². The predicted octanol–water partition coefficient (Wildman–Crippen LogP) is 1.58. The summed E-state index contributed by atoms with van der Waals surface area (Å²) in [6.45, 7) is 3.70. The molecule has 0 aliphatic heterocycles. The van der Waals surface area contributed by atoms with Gasteiger partial charge in [-0.1, -0.05) is 18.1 Å². The summed E-state index contributed by atoms with van der Waals surface area (Å²) in [5, 5.41) is 6.61. The van der Waals surface area contributed by atoms with E-state index in [9.17, 15) is 4.79 Å². The first kappa shape index (κ1) is 13.2. The lowest BCUT2D eigenvalue weighted by atomic mass is 10.1. The first-order valence-electron chi connectivity index (χ1n) is 6.17. The molecular formula is C13H16N4O2. The molecule has 2 aromatic heterocycles. The standard InChI is InChI=1S/C13H16N4O2/c1-3-11(13-15-9(2)17-19-13)16-12(18)7-10-5-4-6-14-8-10/h4-6,8,11H,3,7H2,1-2H3,(H,16,18)/t11-/m1/s1. The quantitative estimate of drug-likeness (QED) is 0.882. The highest BCUT2D eigenvalue weighted by Crippen LogP contribution is 2.14. The summed E-state index contributed by atoms with van der Waals surface area (Å²) >= 11 is 0. The number of amides is 1. The Hall–Kier alpha value is -2.24. The molecule has 100 valence electrons. The third-order valence-electron chi connectivity index (χ3n) is 2.67. The SMILES string of the molecule is CC[C@@H](NC(=O)Cc1cccnc1)c1nc(C)no1. The van der Waals surface area contributed by atoms with Crippen molar-refractivity contribution in [1.29, 1.82) is 0 Å². The van der Waals surface area contributed by atoms with Crippen molar-refractivity contribution in [2.45, 2.75) is 32.7 Å². The van der Waals surface area contributed by atoms with Gasteiger partial charge in [-0.2, -0.15) is 4.98 Å². The molecule has 0 radical (unpaired) electrons. The van der Waals surface area contributed by atoms with Crippen LogP contribution < -0.4 is 5.32 Å². The Balaban J connectivity index is 1.97. The molecule has 1 atom stereocenters. The largest absolute Gasteiger partial charge is 0.344 e. The summed E-state index contributed by atoms with van der Waals surface area (Å²) in [5.41, 5.74) is 0.872. The van der Waals surface area contributed by atoms with Crippen LogP contribution in [0, 0.1) is 6.92 Å². The highest BCUT2D eigenvalue weighted by atomic mass is 16.5. The van der Waals surface area contributed by atoms with Crippen LogP contribution >= 0.6 is 0 Å². The van der Waals surface area contributed by atoms with Crippen LogP contribution in [-0.2, 0) is 11.2 Å². The lowest BCUT2D eigenvalue weighted by molar-refractivity contribution is -0.121. The number of rotatable bonds is 5. The maximum absolute atomic E-state index is 11.9. The minimum atomic E-state index is -0.245. The zero-order valence-electron chi connectivity index (χ0n) is 11.0. The Labute approximate surface area is 111 Å². The Morgan fingerprint density at radius 1 is 1.53 bits per heavy atom. The summed E-state index contributed by atoms with van der Waals surface area (Å²) in [7, 11) is 0. The molecule has 0 saturated carbocycles. The molecule has 6 heteroatoms. The molecular weight excluding hydrogens is 244 g/mol. The van der Waals surface area contributed by atoms with E-state index in [1.54, 1.807) is 25.4 Å². The zero-order chi connectivity index (χ0) is 13.7. The van der Waals surface area contributed by atoms with E-state index in [1.165, 1.54) is 0 Å². The zero-order valence-corrected chi connectivity index (χ0v) is 11.0. The van der Waals surface area contributed by atoms with Crippen molar-refractivity contribution in [3.63, 3.8) is 0 Å². The smallest absolute Gasteiger partial charge is 0.249 e. The molecule has 0 spiro atoms. The third-order valence-corrected chi connectivity index (χ3v) is 2.67. The molecule has 2 rings (SSSR count). The Kier molecular flexibility index (Phi) is 4.22. The van der Waals surface area contributed by atoms with Gasteiger partial charge in [-0.25, -0.2) is 0 Å². The molecule has 0 aliphatic rings. The number of aromatic nitrogens is 3. The van der Waals surface area contributed by atoms with Gasteiger partial charge in [0, 0.05) is 12.4 Å². The van der Waals surface area contributed by atoms with Gasteiger partial charge >= 0.3 is 0 Å². The monoisotopic (exact) mass is 260 g/mol. The van der Waals surface area contributed by atoms with E-state index < -0.39 is 0 Å². The fraction of sp³-hybridized carbons (Fsp3) is 0.385. The van der Waals surface area contributed by atoms with Gasteiger partial charge in [-0.05, 0) is 25.0 Å². The first-order chi connectivity index (χ1) is 9.19. The van der Waals surface area contributed by atoms with Crippen LogP contribution in [0.5, 0.6) is 0 Å². The van der Waals surface area contributed by atoms with Gasteiger partial charge in [0.15, 0.2) is 5.82 Å². The highest BCUT2D eigenvalue weighted by Gasteiger charge is 2.18. The fourth-order valence-electron chi connectivity index (χ4n) is 1.73. The molecule has 6 nitrogen and oxygen atoms in total. The van der Waals surface area contributed by atoms with Crippen molar-refractivity contribution < 1.29 is 9.32 Å². The summed E-state index contributed by atoms with van der Waals surface area (Å²) in [5.74, 6) is 0.921. The molecule has 2 aromatic rings. The van der Waals surface area contributed by atoms with Gasteiger partial charge < -0.3 is 9.84 Å². The Bertz CT molecular complexity index is 539. The Morgan fingerprint density at radius 3 is 2.95 bits per heavy atom. The molecule has 0 aliphatic carbocycles.